The summed E-state index contributed by atoms with van der Waals surface area (Å²) in [5, 5.41) is 4.22. The van der Waals surface area contributed by atoms with Crippen molar-refractivity contribution in [3.63, 3.8) is 0 Å². The van der Waals surface area contributed by atoms with Crippen LogP contribution >= 0.6 is 0 Å². The third-order valence-corrected chi connectivity index (χ3v) is 7.19. The molecule has 3 rings (SSSR count). The number of H-pyrrole nitrogens is 1. The average molecular weight is 576 g/mol. The number of carbonyl (C=O) groups excluding carboxylic acids is 2. The van der Waals surface area contributed by atoms with E-state index in [4.69, 9.17) is 4.74 Å². The highest BCUT2D eigenvalue weighted by Crippen LogP contribution is 2.34. The van der Waals surface area contributed by atoms with Crippen molar-refractivity contribution in [2.24, 2.45) is 10.4 Å². The molecule has 228 valence electrons. The fraction of sp³-hybridized carbons (Fsp3) is 0.500. The molecular weight excluding hydrogens is 526 g/mol. The van der Waals surface area contributed by atoms with E-state index in [-0.39, 0.29) is 18.2 Å². The largest absolute Gasteiger partial charge is 0.373 e. The molecule has 0 aliphatic carbocycles. The molecule has 0 saturated heterocycles. The SMILES string of the molecule is C/C=C(\N=CCC)c1ccnc(Nc2cc(C)c3[nH]c(C(C)=O)cc3c2)n1.CCCC(CC)(CCC)COCC(C)=O. The fourth-order valence-electron chi connectivity index (χ4n) is 5.05. The summed E-state index contributed by atoms with van der Waals surface area (Å²) in [5.74, 6) is 0.635. The van der Waals surface area contributed by atoms with Gasteiger partial charge in [0.1, 0.15) is 6.61 Å². The van der Waals surface area contributed by atoms with Gasteiger partial charge in [0, 0.05) is 35.9 Å². The molecule has 0 unspecified atom stereocenters. The maximum atomic E-state index is 11.6. The topological polar surface area (TPSA) is 109 Å². The van der Waals surface area contributed by atoms with E-state index in [1.165, 1.54) is 25.7 Å². The second-order valence-corrected chi connectivity index (χ2v) is 10.8. The number of ether oxygens (including phenoxy) is 1. The quantitative estimate of drug-likeness (QED) is 0.139. The molecule has 42 heavy (non-hydrogen) atoms. The maximum Gasteiger partial charge on any atom is 0.227 e. The Morgan fingerprint density at radius 1 is 1.10 bits per heavy atom. The van der Waals surface area contributed by atoms with Crippen molar-refractivity contribution in [3.8, 4) is 0 Å². The number of aromatic amines is 1. The Balaban J connectivity index is 0.000000351. The molecule has 0 aliphatic heterocycles. The minimum absolute atomic E-state index is 0.0164. The molecule has 3 aromatic rings. The van der Waals surface area contributed by atoms with Crippen molar-refractivity contribution in [2.45, 2.75) is 93.9 Å². The van der Waals surface area contributed by atoms with Crippen LogP contribution < -0.4 is 5.32 Å². The zero-order valence-corrected chi connectivity index (χ0v) is 26.8. The summed E-state index contributed by atoms with van der Waals surface area (Å²) in [6.07, 6.45) is 12.3. The van der Waals surface area contributed by atoms with Crippen molar-refractivity contribution in [1.29, 1.82) is 0 Å². The molecule has 0 bridgehead atoms. The Bertz CT molecular complexity index is 1370. The molecule has 0 spiro atoms. The van der Waals surface area contributed by atoms with Crippen LogP contribution in [0.15, 0.2) is 41.5 Å². The second-order valence-electron chi connectivity index (χ2n) is 10.8. The predicted molar refractivity (Wildman–Crippen MR) is 175 cm³/mol. The molecular formula is C34H49N5O3. The summed E-state index contributed by atoms with van der Waals surface area (Å²) in [6.45, 7) is 16.8. The standard InChI is InChI=1S/C21H23N5O.C13H26O2/c1-5-8-22-17(6-2)18-7-9-23-21(26-18)24-16-10-13(3)20-15(11-16)12-19(25-20)14(4)27;1-5-8-13(7-3,9-6-2)11-15-10-12(4)14/h6-12,25H,5H2,1-4H3,(H,23,24,26);5-11H2,1-4H3/b17-6-,22-8?;. The number of carbonyl (C=O) groups is 2. The number of Topliss-reactive ketones (excluding diaryl/α,β-unsaturated/α-hetero) is 2. The van der Waals surface area contributed by atoms with Gasteiger partial charge in [-0.3, -0.25) is 14.6 Å². The predicted octanol–water partition coefficient (Wildman–Crippen LogP) is 8.64. The van der Waals surface area contributed by atoms with Gasteiger partial charge in [-0.05, 0) is 81.7 Å². The van der Waals surface area contributed by atoms with Gasteiger partial charge in [-0.25, -0.2) is 9.97 Å². The minimum Gasteiger partial charge on any atom is -0.373 e. The summed E-state index contributed by atoms with van der Waals surface area (Å²) in [4.78, 5) is 38.9. The van der Waals surface area contributed by atoms with Gasteiger partial charge in [0.25, 0.3) is 0 Å². The number of aryl methyl sites for hydroxylation is 1. The lowest BCUT2D eigenvalue weighted by Crippen LogP contribution is -2.27. The molecule has 2 aromatic heterocycles. The molecule has 0 aliphatic rings. The van der Waals surface area contributed by atoms with Gasteiger partial charge in [-0.2, -0.15) is 0 Å². The summed E-state index contributed by atoms with van der Waals surface area (Å²) >= 11 is 0. The molecule has 8 nitrogen and oxygen atoms in total. The number of hydrogen-bond donors (Lipinski definition) is 2. The van der Waals surface area contributed by atoms with Crippen molar-refractivity contribution < 1.29 is 14.3 Å². The first-order chi connectivity index (χ1) is 20.1. The summed E-state index contributed by atoms with van der Waals surface area (Å²) in [7, 11) is 0. The zero-order chi connectivity index (χ0) is 31.1. The number of anilines is 2. The summed E-state index contributed by atoms with van der Waals surface area (Å²) in [5.41, 5.74) is 5.36. The normalized spacial score (nSPS) is 12.0. The van der Waals surface area contributed by atoms with Crippen LogP contribution in [0.1, 0.15) is 109 Å². The van der Waals surface area contributed by atoms with E-state index in [0.29, 0.717) is 17.1 Å². The Morgan fingerprint density at radius 3 is 2.38 bits per heavy atom. The number of ketones is 2. The molecule has 0 amide bonds. The van der Waals surface area contributed by atoms with Gasteiger partial charge in [-0.1, -0.05) is 46.6 Å². The van der Waals surface area contributed by atoms with E-state index >= 15 is 0 Å². The lowest BCUT2D eigenvalue weighted by Gasteiger charge is -2.32. The van der Waals surface area contributed by atoms with E-state index in [1.807, 2.05) is 57.3 Å². The maximum absolute atomic E-state index is 11.6. The Morgan fingerprint density at radius 2 is 1.81 bits per heavy atom. The Hall–Kier alpha value is -3.65. The van der Waals surface area contributed by atoms with Gasteiger partial charge in [0.05, 0.1) is 23.7 Å². The number of benzene rings is 1. The molecule has 0 radical (unpaired) electrons. The first kappa shape index (κ1) is 34.6. The van der Waals surface area contributed by atoms with Crippen LogP contribution in [0, 0.1) is 12.3 Å². The van der Waals surface area contributed by atoms with Crippen molar-refractivity contribution >= 4 is 46.0 Å². The number of nitrogens with one attached hydrogen (secondary N) is 2. The second kappa shape index (κ2) is 17.3. The van der Waals surface area contributed by atoms with Crippen LogP contribution in [0.5, 0.6) is 0 Å². The monoisotopic (exact) mass is 575 g/mol. The number of fused-ring (bicyclic) bond motifs is 1. The molecule has 0 saturated carbocycles. The van der Waals surface area contributed by atoms with Crippen LogP contribution in [-0.4, -0.2) is 45.9 Å². The van der Waals surface area contributed by atoms with Gasteiger partial charge >= 0.3 is 0 Å². The van der Waals surface area contributed by atoms with E-state index in [1.54, 1.807) is 20.0 Å². The number of nitrogens with zero attached hydrogens (tertiary/aromatic N) is 3. The van der Waals surface area contributed by atoms with Gasteiger partial charge in [0.15, 0.2) is 11.6 Å². The molecule has 2 N–H and O–H groups in total. The molecule has 1 aromatic carbocycles. The van der Waals surface area contributed by atoms with Crippen molar-refractivity contribution in [2.75, 3.05) is 18.5 Å². The third kappa shape index (κ3) is 10.3. The van der Waals surface area contributed by atoms with E-state index in [9.17, 15) is 9.59 Å². The fourth-order valence-corrected chi connectivity index (χ4v) is 5.05. The first-order valence-electron chi connectivity index (χ1n) is 15.1. The number of aliphatic imine (C=N–C) groups is 1. The molecule has 8 heteroatoms. The van der Waals surface area contributed by atoms with Crippen LogP contribution in [-0.2, 0) is 9.53 Å². The van der Waals surface area contributed by atoms with Crippen molar-refractivity contribution in [1.82, 2.24) is 15.0 Å². The number of rotatable bonds is 15. The summed E-state index contributed by atoms with van der Waals surface area (Å²) < 4.78 is 5.51. The number of aromatic nitrogens is 3. The van der Waals surface area contributed by atoms with Crippen LogP contribution in [0.2, 0.25) is 0 Å². The number of allylic oxidation sites excluding steroid dienone is 1. The summed E-state index contributed by atoms with van der Waals surface area (Å²) in [6, 6.07) is 7.69. The lowest BCUT2D eigenvalue weighted by atomic mass is 9.78. The zero-order valence-electron chi connectivity index (χ0n) is 26.8. The number of hydrogen-bond acceptors (Lipinski definition) is 7. The Kier molecular flexibility index (Phi) is 14.3. The van der Waals surface area contributed by atoms with Crippen molar-refractivity contribution in [3.05, 3.63) is 53.5 Å². The van der Waals surface area contributed by atoms with E-state index < -0.39 is 0 Å². The van der Waals surface area contributed by atoms with Gasteiger partial charge in [0.2, 0.25) is 5.95 Å². The van der Waals surface area contributed by atoms with Crippen LogP contribution in [0.4, 0.5) is 11.6 Å². The highest BCUT2D eigenvalue weighted by Gasteiger charge is 2.26. The molecule has 2 heterocycles. The first-order valence-corrected chi connectivity index (χ1v) is 15.1. The average Bonchev–Trinajstić information content (AvgIpc) is 3.39. The van der Waals surface area contributed by atoms with Gasteiger partial charge in [-0.15, -0.1) is 0 Å². The minimum atomic E-state index is 0.0164. The van der Waals surface area contributed by atoms with E-state index in [2.05, 4.69) is 46.0 Å². The van der Waals surface area contributed by atoms with Crippen LogP contribution in [0.25, 0.3) is 16.6 Å². The molecule has 0 fully saturated rings. The van der Waals surface area contributed by atoms with Gasteiger partial charge < -0.3 is 15.0 Å². The highest BCUT2D eigenvalue weighted by molar-refractivity contribution is 5.99. The highest BCUT2D eigenvalue weighted by atomic mass is 16.5. The lowest BCUT2D eigenvalue weighted by molar-refractivity contribution is -0.123. The smallest absolute Gasteiger partial charge is 0.227 e. The molecule has 0 atom stereocenters. The van der Waals surface area contributed by atoms with Crippen LogP contribution in [0.3, 0.4) is 0 Å². The third-order valence-electron chi connectivity index (χ3n) is 7.19. The Labute approximate surface area is 251 Å². The van der Waals surface area contributed by atoms with E-state index in [0.717, 1.165) is 53.0 Å².